The molecule has 0 radical (unpaired) electrons. The van der Waals surface area contributed by atoms with Crippen LogP contribution in [-0.4, -0.2) is 41.9 Å². The molecule has 0 N–H and O–H groups in total. The number of hydrogen-bond acceptors (Lipinski definition) is 4. The standard InChI is InChI=1S/C25H39NO3/c1-15(27)23-22(26-11-12-26)14-21-19-6-5-17-13-18(29-16(2)28)7-9-24(17,3)20(19)8-10-25(21,23)4/h17-23H,5-14H2,1-4H3/t17?,18?,19-,20+,21+,22?,23+,24+,25+/m1/s1. The zero-order chi connectivity index (χ0) is 20.6. The van der Waals surface area contributed by atoms with Gasteiger partial charge in [0.05, 0.1) is 0 Å². The third kappa shape index (κ3) is 3.03. The third-order valence-corrected chi connectivity index (χ3v) is 10.4. The van der Waals surface area contributed by atoms with Gasteiger partial charge in [0.15, 0.2) is 0 Å². The second-order valence-electron chi connectivity index (χ2n) is 11.6. The van der Waals surface area contributed by atoms with Gasteiger partial charge in [0, 0.05) is 32.0 Å². The van der Waals surface area contributed by atoms with Gasteiger partial charge in [-0.15, -0.1) is 0 Å². The van der Waals surface area contributed by atoms with Crippen molar-refractivity contribution in [2.45, 2.75) is 91.2 Å². The number of nitrogens with zero attached hydrogens (tertiary/aromatic N) is 1. The summed E-state index contributed by atoms with van der Waals surface area (Å²) < 4.78 is 5.61. The maximum absolute atomic E-state index is 12.8. The predicted octanol–water partition coefficient (Wildman–Crippen LogP) is 4.46. The third-order valence-electron chi connectivity index (χ3n) is 10.4. The molecular formula is C25H39NO3. The lowest BCUT2D eigenvalue weighted by Crippen LogP contribution is -2.54. The van der Waals surface area contributed by atoms with Gasteiger partial charge in [-0.05, 0) is 92.8 Å². The van der Waals surface area contributed by atoms with E-state index in [1.807, 2.05) is 6.92 Å². The van der Waals surface area contributed by atoms with Crippen LogP contribution in [0, 0.1) is 40.4 Å². The van der Waals surface area contributed by atoms with E-state index in [4.69, 9.17) is 4.74 Å². The second kappa shape index (κ2) is 6.80. The molecular weight excluding hydrogens is 362 g/mol. The Morgan fingerprint density at radius 2 is 1.62 bits per heavy atom. The summed E-state index contributed by atoms with van der Waals surface area (Å²) in [6, 6.07) is 0.506. The molecule has 1 heterocycles. The van der Waals surface area contributed by atoms with Crippen LogP contribution in [0.1, 0.15) is 79.1 Å². The molecule has 5 aliphatic rings. The van der Waals surface area contributed by atoms with Crippen LogP contribution in [0.15, 0.2) is 0 Å². The van der Waals surface area contributed by atoms with Gasteiger partial charge >= 0.3 is 5.97 Å². The number of ether oxygens (including phenoxy) is 1. The average Bonchev–Trinajstić information content (AvgIpc) is 3.43. The quantitative estimate of drug-likeness (QED) is 0.517. The molecule has 1 aliphatic heterocycles. The summed E-state index contributed by atoms with van der Waals surface area (Å²) in [5.41, 5.74) is 0.600. The van der Waals surface area contributed by atoms with Gasteiger partial charge in [-0.25, -0.2) is 0 Å². The summed E-state index contributed by atoms with van der Waals surface area (Å²) in [5.74, 6) is 3.55. The van der Waals surface area contributed by atoms with Gasteiger partial charge in [-0.3, -0.25) is 14.5 Å². The molecule has 9 atom stereocenters. The molecule has 5 fully saturated rings. The van der Waals surface area contributed by atoms with Gasteiger partial charge in [0.2, 0.25) is 0 Å². The zero-order valence-electron chi connectivity index (χ0n) is 18.8. The fourth-order valence-electron chi connectivity index (χ4n) is 9.06. The van der Waals surface area contributed by atoms with Crippen LogP contribution < -0.4 is 0 Å². The summed E-state index contributed by atoms with van der Waals surface area (Å²) in [5, 5.41) is 0. The van der Waals surface area contributed by atoms with E-state index < -0.39 is 0 Å². The smallest absolute Gasteiger partial charge is 0.302 e. The van der Waals surface area contributed by atoms with Crippen LogP contribution in [0.25, 0.3) is 0 Å². The largest absolute Gasteiger partial charge is 0.463 e. The fourth-order valence-corrected chi connectivity index (χ4v) is 9.06. The summed E-state index contributed by atoms with van der Waals surface area (Å²) in [6.45, 7) is 10.8. The maximum atomic E-state index is 12.8. The van der Waals surface area contributed by atoms with Crippen molar-refractivity contribution in [2.24, 2.45) is 40.4 Å². The average molecular weight is 402 g/mol. The van der Waals surface area contributed by atoms with Crippen LogP contribution in [0.2, 0.25) is 0 Å². The molecule has 0 aromatic rings. The lowest BCUT2D eigenvalue weighted by atomic mass is 9.44. The van der Waals surface area contributed by atoms with Gasteiger partial charge in [-0.1, -0.05) is 13.8 Å². The van der Waals surface area contributed by atoms with Crippen molar-refractivity contribution >= 4 is 11.8 Å². The summed E-state index contributed by atoms with van der Waals surface area (Å²) >= 11 is 0. The van der Waals surface area contributed by atoms with E-state index in [0.29, 0.717) is 29.1 Å². The van der Waals surface area contributed by atoms with Crippen molar-refractivity contribution in [1.29, 1.82) is 0 Å². The first kappa shape index (κ1) is 20.0. The Labute approximate surface area is 176 Å². The number of hydrogen-bond donors (Lipinski definition) is 0. The first-order valence-electron chi connectivity index (χ1n) is 12.2. The Morgan fingerprint density at radius 1 is 0.897 bits per heavy atom. The highest BCUT2D eigenvalue weighted by molar-refractivity contribution is 5.80. The molecule has 4 saturated carbocycles. The van der Waals surface area contributed by atoms with Gasteiger partial charge in [0.25, 0.3) is 0 Å². The molecule has 162 valence electrons. The number of esters is 1. The number of Topliss-reactive ketones (excluding diaryl/α,β-unsaturated/α-hetero) is 1. The van der Waals surface area contributed by atoms with Crippen LogP contribution in [0.4, 0.5) is 0 Å². The normalized spacial score (nSPS) is 51.5. The van der Waals surface area contributed by atoms with Crippen molar-refractivity contribution in [2.75, 3.05) is 13.1 Å². The molecule has 4 nitrogen and oxygen atoms in total. The van der Waals surface area contributed by atoms with Crippen molar-refractivity contribution < 1.29 is 14.3 Å². The number of fused-ring (bicyclic) bond motifs is 5. The monoisotopic (exact) mass is 401 g/mol. The topological polar surface area (TPSA) is 46.4 Å². The first-order chi connectivity index (χ1) is 13.7. The Morgan fingerprint density at radius 3 is 2.28 bits per heavy atom. The molecule has 1 saturated heterocycles. The van der Waals surface area contributed by atoms with Crippen molar-refractivity contribution in [3.05, 3.63) is 0 Å². The van der Waals surface area contributed by atoms with Crippen molar-refractivity contribution in [3.63, 3.8) is 0 Å². The Bertz CT molecular complexity index is 702. The van der Waals surface area contributed by atoms with Gasteiger partial charge < -0.3 is 4.74 Å². The molecule has 3 unspecified atom stereocenters. The highest BCUT2D eigenvalue weighted by atomic mass is 16.5. The summed E-state index contributed by atoms with van der Waals surface area (Å²) in [6.07, 6.45) is 9.79. The number of rotatable bonds is 3. The van der Waals surface area contributed by atoms with E-state index in [1.165, 1.54) is 51.6 Å². The molecule has 0 aromatic carbocycles. The number of carbonyl (C=O) groups is 2. The number of carbonyl (C=O) groups excluding carboxylic acids is 2. The summed E-state index contributed by atoms with van der Waals surface area (Å²) in [7, 11) is 0. The molecule has 4 aliphatic carbocycles. The van der Waals surface area contributed by atoms with E-state index in [1.54, 1.807) is 6.92 Å². The van der Waals surface area contributed by atoms with Crippen LogP contribution in [0.3, 0.4) is 0 Å². The van der Waals surface area contributed by atoms with E-state index in [0.717, 1.165) is 24.7 Å². The highest BCUT2D eigenvalue weighted by Crippen LogP contribution is 2.68. The Hall–Kier alpha value is -0.900. The Balaban J connectivity index is 1.39. The fraction of sp³-hybridized carbons (Fsp3) is 0.920. The second-order valence-corrected chi connectivity index (χ2v) is 11.6. The lowest BCUT2D eigenvalue weighted by molar-refractivity contribution is -0.161. The Kier molecular flexibility index (Phi) is 4.70. The minimum Gasteiger partial charge on any atom is -0.463 e. The van der Waals surface area contributed by atoms with E-state index in [9.17, 15) is 9.59 Å². The zero-order valence-corrected chi connectivity index (χ0v) is 18.8. The maximum Gasteiger partial charge on any atom is 0.302 e. The highest BCUT2D eigenvalue weighted by Gasteiger charge is 2.64. The van der Waals surface area contributed by atoms with E-state index in [2.05, 4.69) is 18.7 Å². The SMILES string of the molecule is CC(=O)OC1CC[C@@]2(C)C(CC[C@H]3[C@@H]4CC(N5CC5)[C@H](C(C)=O)[C@@]4(C)CC[C@@H]32)C1. The van der Waals surface area contributed by atoms with Crippen LogP contribution >= 0.6 is 0 Å². The molecule has 29 heavy (non-hydrogen) atoms. The molecule has 0 aromatic heterocycles. The molecule has 5 rings (SSSR count). The molecule has 4 heteroatoms. The van der Waals surface area contributed by atoms with Gasteiger partial charge in [-0.2, -0.15) is 0 Å². The minimum atomic E-state index is -0.122. The first-order valence-corrected chi connectivity index (χ1v) is 12.2. The summed E-state index contributed by atoms with van der Waals surface area (Å²) in [4.78, 5) is 26.8. The van der Waals surface area contributed by atoms with Crippen LogP contribution in [0.5, 0.6) is 0 Å². The predicted molar refractivity (Wildman–Crippen MR) is 112 cm³/mol. The molecule has 0 amide bonds. The molecule has 0 bridgehead atoms. The lowest BCUT2D eigenvalue weighted by Gasteiger charge is -2.60. The van der Waals surface area contributed by atoms with Crippen LogP contribution in [-0.2, 0) is 14.3 Å². The molecule has 0 spiro atoms. The van der Waals surface area contributed by atoms with E-state index >= 15 is 0 Å². The van der Waals surface area contributed by atoms with E-state index in [-0.39, 0.29) is 23.4 Å². The number of ketones is 1. The van der Waals surface area contributed by atoms with Crippen molar-refractivity contribution in [3.8, 4) is 0 Å². The minimum absolute atomic E-state index is 0.122. The van der Waals surface area contributed by atoms with Crippen molar-refractivity contribution in [1.82, 2.24) is 4.90 Å². The van der Waals surface area contributed by atoms with Gasteiger partial charge in [0.1, 0.15) is 11.9 Å².